The zero-order chi connectivity index (χ0) is 17.1. The number of aryl methyl sites for hydroxylation is 2. The minimum Gasteiger partial charge on any atom is -0.497 e. The number of carbonyl (C=O) groups is 2. The largest absolute Gasteiger partial charge is 0.497 e. The highest BCUT2D eigenvalue weighted by Crippen LogP contribution is 2.28. The number of carbonyl (C=O) groups excluding carboxylic acids is 2. The summed E-state index contributed by atoms with van der Waals surface area (Å²) in [5.74, 6) is 0.963. The molecule has 0 spiro atoms. The first-order chi connectivity index (χ1) is 11.6. The Balaban J connectivity index is 1.74. The van der Waals surface area contributed by atoms with Gasteiger partial charge in [-0.25, -0.2) is 0 Å². The molecule has 0 atom stereocenters. The molecule has 0 N–H and O–H groups in total. The molecule has 0 aliphatic carbocycles. The summed E-state index contributed by atoms with van der Waals surface area (Å²) < 4.78 is 5.21. The number of hydrogen-bond acceptors (Lipinski definition) is 3. The maximum atomic E-state index is 12.7. The second-order valence-corrected chi connectivity index (χ2v) is 6.09. The molecule has 0 aromatic heterocycles. The third-order valence-electron chi connectivity index (χ3n) is 4.37. The summed E-state index contributed by atoms with van der Waals surface area (Å²) in [6.45, 7) is 2.42. The number of ketones is 1. The van der Waals surface area contributed by atoms with Crippen LogP contribution in [0.1, 0.15) is 34.3 Å². The lowest BCUT2D eigenvalue weighted by Crippen LogP contribution is -2.37. The fourth-order valence-corrected chi connectivity index (χ4v) is 3.05. The van der Waals surface area contributed by atoms with Crippen LogP contribution < -0.4 is 9.64 Å². The topological polar surface area (TPSA) is 46.6 Å². The Hall–Kier alpha value is -2.62. The second-order valence-electron chi connectivity index (χ2n) is 6.09. The van der Waals surface area contributed by atoms with E-state index in [1.165, 1.54) is 0 Å². The Morgan fingerprint density at radius 2 is 2.04 bits per heavy atom. The van der Waals surface area contributed by atoms with Gasteiger partial charge < -0.3 is 9.64 Å². The van der Waals surface area contributed by atoms with E-state index >= 15 is 0 Å². The Bertz CT molecular complexity index is 782. The first-order valence-corrected chi connectivity index (χ1v) is 8.15. The lowest BCUT2D eigenvalue weighted by atomic mass is 9.97. The van der Waals surface area contributed by atoms with Crippen LogP contribution >= 0.6 is 0 Å². The molecule has 3 rings (SSSR count). The van der Waals surface area contributed by atoms with Crippen LogP contribution in [0.3, 0.4) is 0 Å². The molecule has 2 aromatic rings. The van der Waals surface area contributed by atoms with Gasteiger partial charge >= 0.3 is 0 Å². The molecule has 1 aliphatic rings. The number of hydrogen-bond donors (Lipinski definition) is 0. The van der Waals surface area contributed by atoms with Crippen LogP contribution in [0, 0.1) is 6.92 Å². The van der Waals surface area contributed by atoms with Gasteiger partial charge in [0, 0.05) is 24.9 Å². The molecular formula is C20H21NO3. The minimum absolute atomic E-state index is 0.0513. The summed E-state index contributed by atoms with van der Waals surface area (Å²) >= 11 is 0. The summed E-state index contributed by atoms with van der Waals surface area (Å²) in [4.78, 5) is 26.5. The van der Waals surface area contributed by atoms with Gasteiger partial charge in [-0.1, -0.05) is 23.8 Å². The highest BCUT2D eigenvalue weighted by atomic mass is 16.5. The van der Waals surface area contributed by atoms with Crippen molar-refractivity contribution in [3.63, 3.8) is 0 Å². The van der Waals surface area contributed by atoms with Crippen LogP contribution in [0.2, 0.25) is 0 Å². The normalized spacial score (nSPS) is 13.6. The van der Waals surface area contributed by atoms with E-state index in [1.54, 1.807) is 12.0 Å². The van der Waals surface area contributed by atoms with E-state index in [0.717, 1.165) is 22.6 Å². The van der Waals surface area contributed by atoms with Crippen LogP contribution in [0.25, 0.3) is 0 Å². The number of amides is 1. The quantitative estimate of drug-likeness (QED) is 0.864. The predicted octanol–water partition coefficient (Wildman–Crippen LogP) is 3.56. The number of anilines is 1. The Morgan fingerprint density at radius 1 is 1.21 bits per heavy atom. The van der Waals surface area contributed by atoms with Crippen molar-refractivity contribution in [1.29, 1.82) is 0 Å². The molecule has 124 valence electrons. The lowest BCUT2D eigenvalue weighted by molar-refractivity contribution is -0.118. The van der Waals surface area contributed by atoms with E-state index in [0.29, 0.717) is 31.4 Å². The zero-order valence-electron chi connectivity index (χ0n) is 14.0. The average molecular weight is 323 g/mol. The molecule has 0 bridgehead atoms. The third-order valence-corrected chi connectivity index (χ3v) is 4.37. The highest BCUT2D eigenvalue weighted by molar-refractivity contribution is 6.08. The number of fused-ring (bicyclic) bond motifs is 1. The van der Waals surface area contributed by atoms with E-state index in [1.807, 2.05) is 49.4 Å². The van der Waals surface area contributed by atoms with Crippen molar-refractivity contribution in [3.05, 3.63) is 59.2 Å². The van der Waals surface area contributed by atoms with Crippen molar-refractivity contribution in [3.8, 4) is 5.75 Å². The summed E-state index contributed by atoms with van der Waals surface area (Å²) in [6, 6.07) is 13.5. The number of rotatable bonds is 4. The van der Waals surface area contributed by atoms with Crippen molar-refractivity contribution in [1.82, 2.24) is 0 Å². The van der Waals surface area contributed by atoms with Crippen LogP contribution in [-0.2, 0) is 11.2 Å². The summed E-state index contributed by atoms with van der Waals surface area (Å²) in [6.07, 6.45) is 1.46. The predicted molar refractivity (Wildman–Crippen MR) is 93.8 cm³/mol. The molecule has 0 radical (unpaired) electrons. The average Bonchev–Trinajstić information content (AvgIpc) is 2.60. The van der Waals surface area contributed by atoms with Crippen LogP contribution in [0.5, 0.6) is 5.75 Å². The van der Waals surface area contributed by atoms with Gasteiger partial charge in [-0.3, -0.25) is 9.59 Å². The Kier molecular flexibility index (Phi) is 4.65. The summed E-state index contributed by atoms with van der Waals surface area (Å²) in [5.41, 5.74) is 3.51. The molecule has 0 saturated carbocycles. The highest BCUT2D eigenvalue weighted by Gasteiger charge is 2.26. The van der Waals surface area contributed by atoms with Gasteiger partial charge in [0.05, 0.1) is 12.8 Å². The van der Waals surface area contributed by atoms with E-state index in [2.05, 4.69) is 0 Å². The van der Waals surface area contributed by atoms with Crippen molar-refractivity contribution in [2.45, 2.75) is 26.2 Å². The fourth-order valence-electron chi connectivity index (χ4n) is 3.05. The first kappa shape index (κ1) is 16.2. The van der Waals surface area contributed by atoms with Gasteiger partial charge in [0.2, 0.25) is 5.91 Å². The molecule has 4 heteroatoms. The molecular weight excluding hydrogens is 302 g/mol. The Labute approximate surface area is 142 Å². The smallest absolute Gasteiger partial charge is 0.227 e. The molecule has 1 aliphatic heterocycles. The molecule has 0 fully saturated rings. The minimum atomic E-state index is 0.0513. The number of methoxy groups -OCH3 is 1. The summed E-state index contributed by atoms with van der Waals surface area (Å²) in [5, 5.41) is 0. The van der Waals surface area contributed by atoms with Gasteiger partial charge in [-0.05, 0) is 43.2 Å². The van der Waals surface area contributed by atoms with Crippen LogP contribution in [0.15, 0.2) is 42.5 Å². The molecule has 1 amide bonds. The number of Topliss-reactive ketones (excluding diaryl/α,β-unsaturated/α-hetero) is 1. The van der Waals surface area contributed by atoms with E-state index in [9.17, 15) is 9.59 Å². The van der Waals surface area contributed by atoms with Crippen LogP contribution in [-0.4, -0.2) is 25.3 Å². The molecule has 24 heavy (non-hydrogen) atoms. The lowest BCUT2D eigenvalue weighted by Gasteiger charge is -2.29. The van der Waals surface area contributed by atoms with Gasteiger partial charge in [0.15, 0.2) is 5.78 Å². The van der Waals surface area contributed by atoms with Gasteiger partial charge in [-0.15, -0.1) is 0 Å². The maximum absolute atomic E-state index is 12.7. The second kappa shape index (κ2) is 6.87. The van der Waals surface area contributed by atoms with Crippen molar-refractivity contribution < 1.29 is 14.3 Å². The van der Waals surface area contributed by atoms with Crippen molar-refractivity contribution in [2.75, 3.05) is 18.6 Å². The SMILES string of the molecule is COc1cccc(CCC(=O)N2CCC(=O)c3cc(C)ccc32)c1. The van der Waals surface area contributed by atoms with E-state index < -0.39 is 0 Å². The van der Waals surface area contributed by atoms with Crippen LogP contribution in [0.4, 0.5) is 5.69 Å². The molecule has 0 unspecified atom stereocenters. The Morgan fingerprint density at radius 3 is 2.83 bits per heavy atom. The van der Waals surface area contributed by atoms with E-state index in [-0.39, 0.29) is 11.7 Å². The molecule has 1 heterocycles. The monoisotopic (exact) mass is 323 g/mol. The number of benzene rings is 2. The number of nitrogens with zero attached hydrogens (tertiary/aromatic N) is 1. The first-order valence-electron chi connectivity index (χ1n) is 8.15. The summed E-state index contributed by atoms with van der Waals surface area (Å²) in [7, 11) is 1.63. The fraction of sp³-hybridized carbons (Fsp3) is 0.300. The van der Waals surface area contributed by atoms with Gasteiger partial charge in [0.1, 0.15) is 5.75 Å². The van der Waals surface area contributed by atoms with E-state index in [4.69, 9.17) is 4.74 Å². The number of ether oxygens (including phenoxy) is 1. The molecule has 2 aromatic carbocycles. The standard InChI is InChI=1S/C20H21NO3/c1-14-6-8-18-17(12-14)19(22)10-11-21(18)20(23)9-7-15-4-3-5-16(13-15)24-2/h3-6,8,12-13H,7,9-11H2,1-2H3. The molecule has 4 nitrogen and oxygen atoms in total. The zero-order valence-corrected chi connectivity index (χ0v) is 14.0. The van der Waals surface area contributed by atoms with Crippen molar-refractivity contribution in [2.24, 2.45) is 0 Å². The third kappa shape index (κ3) is 3.32. The van der Waals surface area contributed by atoms with Gasteiger partial charge in [0.25, 0.3) is 0 Å². The maximum Gasteiger partial charge on any atom is 0.227 e. The molecule has 0 saturated heterocycles. The van der Waals surface area contributed by atoms with Crippen molar-refractivity contribution >= 4 is 17.4 Å². The van der Waals surface area contributed by atoms with Gasteiger partial charge in [-0.2, -0.15) is 0 Å².